The lowest BCUT2D eigenvalue weighted by molar-refractivity contribution is -0.147. The molecule has 0 aliphatic carbocycles. The molecule has 2 fully saturated rings. The maximum Gasteiger partial charge on any atom is 0.248 e. The number of carbonyl (C=O) groups excluding carboxylic acids is 1. The van der Waals surface area contributed by atoms with Gasteiger partial charge in [0.05, 0.1) is 26.9 Å². The van der Waals surface area contributed by atoms with E-state index < -0.39 is 5.60 Å². The third-order valence-electron chi connectivity index (χ3n) is 5.26. The van der Waals surface area contributed by atoms with Gasteiger partial charge in [0.15, 0.2) is 0 Å². The fraction of sp³-hybridized carbons (Fsp3) is 0.650. The van der Waals surface area contributed by atoms with Crippen LogP contribution >= 0.6 is 0 Å². The van der Waals surface area contributed by atoms with Gasteiger partial charge in [-0.2, -0.15) is 0 Å². The molecule has 0 aromatic heterocycles. The minimum atomic E-state index is -0.449. The van der Waals surface area contributed by atoms with Crippen LogP contribution in [0.15, 0.2) is 18.2 Å². The lowest BCUT2D eigenvalue weighted by Crippen LogP contribution is -2.59. The topological polar surface area (TPSA) is 51.2 Å². The molecule has 1 amide bonds. The zero-order valence-corrected chi connectivity index (χ0v) is 16.3. The number of morpholine rings is 1. The van der Waals surface area contributed by atoms with Crippen LogP contribution in [0.3, 0.4) is 0 Å². The van der Waals surface area contributed by atoms with E-state index in [1.54, 1.807) is 7.11 Å². The van der Waals surface area contributed by atoms with Crippen molar-refractivity contribution >= 4 is 5.91 Å². The molecule has 1 spiro atoms. The average molecular weight is 362 g/mol. The molecule has 6 heteroatoms. The monoisotopic (exact) mass is 362 g/mol. The predicted octanol–water partition coefficient (Wildman–Crippen LogP) is 1.84. The van der Waals surface area contributed by atoms with Crippen molar-refractivity contribution in [2.75, 3.05) is 46.6 Å². The van der Waals surface area contributed by atoms with Gasteiger partial charge in [0.2, 0.25) is 5.91 Å². The first-order valence-corrected chi connectivity index (χ1v) is 9.29. The minimum Gasteiger partial charge on any atom is -0.497 e. The summed E-state index contributed by atoms with van der Waals surface area (Å²) in [5, 5.41) is 0. The number of nitrogens with zero attached hydrogens (tertiary/aromatic N) is 2. The number of benzene rings is 1. The molecule has 1 aromatic rings. The minimum absolute atomic E-state index is 0.0450. The van der Waals surface area contributed by atoms with Crippen LogP contribution in [-0.4, -0.2) is 73.9 Å². The van der Waals surface area contributed by atoms with Crippen LogP contribution in [0.1, 0.15) is 25.0 Å². The fourth-order valence-corrected chi connectivity index (χ4v) is 3.78. The van der Waals surface area contributed by atoms with E-state index in [2.05, 4.69) is 24.0 Å². The summed E-state index contributed by atoms with van der Waals surface area (Å²) in [6.07, 6.45) is 0. The number of hydrogen-bond acceptors (Lipinski definition) is 5. The number of rotatable bonds is 4. The van der Waals surface area contributed by atoms with Gasteiger partial charge in [-0.1, -0.05) is 6.07 Å². The third-order valence-corrected chi connectivity index (χ3v) is 5.26. The Morgan fingerprint density at radius 2 is 2.12 bits per heavy atom. The molecule has 0 bridgehead atoms. The van der Waals surface area contributed by atoms with E-state index in [1.807, 2.05) is 24.8 Å². The van der Waals surface area contributed by atoms with Crippen LogP contribution in [-0.2, 0) is 20.8 Å². The summed E-state index contributed by atoms with van der Waals surface area (Å²) in [6, 6.07) is 6.35. The molecule has 0 saturated carbocycles. The van der Waals surface area contributed by atoms with E-state index in [4.69, 9.17) is 14.2 Å². The Morgan fingerprint density at radius 3 is 2.81 bits per heavy atom. The van der Waals surface area contributed by atoms with Crippen molar-refractivity contribution in [3.05, 3.63) is 29.3 Å². The molecule has 6 nitrogen and oxygen atoms in total. The number of methoxy groups -OCH3 is 1. The lowest BCUT2D eigenvalue weighted by atomic mass is 10.00. The van der Waals surface area contributed by atoms with Crippen LogP contribution in [0.5, 0.6) is 5.75 Å². The normalized spacial score (nSPS) is 25.0. The lowest BCUT2D eigenvalue weighted by Gasteiger charge is -2.44. The molecule has 26 heavy (non-hydrogen) atoms. The van der Waals surface area contributed by atoms with Crippen molar-refractivity contribution in [1.29, 1.82) is 0 Å². The zero-order valence-electron chi connectivity index (χ0n) is 16.3. The summed E-state index contributed by atoms with van der Waals surface area (Å²) >= 11 is 0. The highest BCUT2D eigenvalue weighted by Crippen LogP contribution is 2.26. The number of ether oxygens (including phenoxy) is 3. The molecular weight excluding hydrogens is 332 g/mol. The molecule has 1 atom stereocenters. The van der Waals surface area contributed by atoms with E-state index in [0.29, 0.717) is 19.8 Å². The van der Waals surface area contributed by atoms with Gasteiger partial charge in [-0.25, -0.2) is 0 Å². The van der Waals surface area contributed by atoms with E-state index in [1.165, 1.54) is 11.1 Å². The molecule has 0 radical (unpaired) electrons. The molecule has 2 aliphatic rings. The second-order valence-corrected chi connectivity index (χ2v) is 7.64. The van der Waals surface area contributed by atoms with Gasteiger partial charge in [-0.3, -0.25) is 9.69 Å². The SMILES string of the molecule is COc1ccc(CN2CCOC3(COCC(=O)N(C(C)C)C3)C2)c(C)c1. The van der Waals surface area contributed by atoms with Gasteiger partial charge in [-0.15, -0.1) is 0 Å². The first-order valence-electron chi connectivity index (χ1n) is 9.29. The fourth-order valence-electron chi connectivity index (χ4n) is 3.78. The maximum atomic E-state index is 12.3. The smallest absolute Gasteiger partial charge is 0.248 e. The maximum absolute atomic E-state index is 12.3. The Hall–Kier alpha value is -1.63. The quantitative estimate of drug-likeness (QED) is 0.818. The van der Waals surface area contributed by atoms with Crippen LogP contribution in [0.2, 0.25) is 0 Å². The molecule has 144 valence electrons. The summed E-state index contributed by atoms with van der Waals surface area (Å²) in [4.78, 5) is 16.6. The van der Waals surface area contributed by atoms with Crippen molar-refractivity contribution in [2.24, 2.45) is 0 Å². The average Bonchev–Trinajstić information content (AvgIpc) is 2.76. The summed E-state index contributed by atoms with van der Waals surface area (Å²) < 4.78 is 17.1. The van der Waals surface area contributed by atoms with E-state index in [9.17, 15) is 4.79 Å². The number of carbonyl (C=O) groups is 1. The van der Waals surface area contributed by atoms with Crippen molar-refractivity contribution in [3.8, 4) is 5.75 Å². The van der Waals surface area contributed by atoms with Crippen molar-refractivity contribution in [1.82, 2.24) is 9.80 Å². The van der Waals surface area contributed by atoms with Crippen LogP contribution in [0.4, 0.5) is 0 Å². The molecule has 2 heterocycles. The van der Waals surface area contributed by atoms with E-state index in [-0.39, 0.29) is 18.6 Å². The summed E-state index contributed by atoms with van der Waals surface area (Å²) in [5.41, 5.74) is 2.06. The predicted molar refractivity (Wildman–Crippen MR) is 99.4 cm³/mol. The largest absolute Gasteiger partial charge is 0.497 e. The van der Waals surface area contributed by atoms with Gasteiger partial charge in [0.25, 0.3) is 0 Å². The Bertz CT molecular complexity index is 649. The highest BCUT2D eigenvalue weighted by atomic mass is 16.5. The Labute approximate surface area is 156 Å². The van der Waals surface area contributed by atoms with Crippen LogP contribution in [0.25, 0.3) is 0 Å². The van der Waals surface area contributed by atoms with Gasteiger partial charge < -0.3 is 19.1 Å². The zero-order chi connectivity index (χ0) is 18.7. The summed E-state index contributed by atoms with van der Waals surface area (Å²) in [7, 11) is 1.69. The molecule has 2 saturated heterocycles. The number of aryl methyl sites for hydroxylation is 1. The molecule has 1 aromatic carbocycles. The summed E-state index contributed by atoms with van der Waals surface area (Å²) in [6.45, 7) is 10.5. The van der Waals surface area contributed by atoms with Gasteiger partial charge in [-0.05, 0) is 44.0 Å². The van der Waals surface area contributed by atoms with Gasteiger partial charge in [0, 0.05) is 25.7 Å². The van der Waals surface area contributed by atoms with Crippen molar-refractivity contribution in [3.63, 3.8) is 0 Å². The van der Waals surface area contributed by atoms with Crippen molar-refractivity contribution in [2.45, 2.75) is 39.0 Å². The molecule has 3 rings (SSSR count). The van der Waals surface area contributed by atoms with E-state index >= 15 is 0 Å². The van der Waals surface area contributed by atoms with Crippen molar-refractivity contribution < 1.29 is 19.0 Å². The van der Waals surface area contributed by atoms with Gasteiger partial charge >= 0.3 is 0 Å². The van der Waals surface area contributed by atoms with Gasteiger partial charge in [0.1, 0.15) is 18.0 Å². The molecule has 0 N–H and O–H groups in total. The first-order chi connectivity index (χ1) is 12.4. The van der Waals surface area contributed by atoms with Crippen LogP contribution in [0, 0.1) is 6.92 Å². The molecular formula is C20H30N2O4. The first kappa shape index (κ1) is 19.1. The highest BCUT2D eigenvalue weighted by molar-refractivity contribution is 5.78. The standard InChI is InChI=1S/C20H30N2O4/c1-15(2)22-13-20(14-25-11-19(22)23)12-21(7-8-26-20)10-17-5-6-18(24-4)9-16(17)3/h5-6,9,15H,7-8,10-14H2,1-4H3. The second kappa shape index (κ2) is 7.94. The molecule has 2 aliphatic heterocycles. The Balaban J connectivity index is 1.73. The number of amides is 1. The third kappa shape index (κ3) is 4.19. The highest BCUT2D eigenvalue weighted by Gasteiger charge is 2.42. The Kier molecular flexibility index (Phi) is 5.85. The van der Waals surface area contributed by atoms with E-state index in [0.717, 1.165) is 25.4 Å². The molecule has 1 unspecified atom stereocenters. The summed E-state index contributed by atoms with van der Waals surface area (Å²) in [5.74, 6) is 0.927. The Morgan fingerprint density at radius 1 is 1.31 bits per heavy atom. The van der Waals surface area contributed by atoms with Crippen LogP contribution < -0.4 is 4.74 Å². The number of hydrogen-bond donors (Lipinski definition) is 0. The second-order valence-electron chi connectivity index (χ2n) is 7.64.